The molecule has 0 unspecified atom stereocenters. The molecule has 0 spiro atoms. The maximum absolute atomic E-state index is 8.13. The third-order valence-corrected chi connectivity index (χ3v) is 1.01. The Hall–Kier alpha value is -0.400. The lowest BCUT2D eigenvalue weighted by Crippen LogP contribution is -2.41. The molecular formula is C4H10O10. The Morgan fingerprint density at radius 3 is 1.00 bits per heavy atom. The third-order valence-electron chi connectivity index (χ3n) is 1.01. The zero-order valence-electron chi connectivity index (χ0n) is 7.24. The van der Waals surface area contributed by atoms with Gasteiger partial charge in [-0.3, -0.25) is 0 Å². The smallest absolute Gasteiger partial charge is 0.246 e. The van der Waals surface area contributed by atoms with Crippen LogP contribution in [0.25, 0.3) is 0 Å². The van der Waals surface area contributed by atoms with Crippen molar-refractivity contribution < 1.29 is 50.4 Å². The molecule has 0 heterocycles. The molecule has 0 saturated carbocycles. The topological polar surface area (TPSA) is 136 Å². The zero-order chi connectivity index (χ0) is 11.2. The molecule has 14 heavy (non-hydrogen) atoms. The summed E-state index contributed by atoms with van der Waals surface area (Å²) in [5.41, 5.74) is 0. The summed E-state index contributed by atoms with van der Waals surface area (Å²) in [7, 11) is 0. The maximum atomic E-state index is 8.13. The van der Waals surface area contributed by atoms with E-state index in [1.54, 1.807) is 0 Å². The summed E-state index contributed by atoms with van der Waals surface area (Å²) in [4.78, 5) is 22.0. The van der Waals surface area contributed by atoms with Crippen LogP contribution >= 0.6 is 0 Å². The Labute approximate surface area is 77.3 Å². The Morgan fingerprint density at radius 2 is 0.857 bits per heavy atom. The Morgan fingerprint density at radius 1 is 0.643 bits per heavy atom. The molecule has 0 saturated heterocycles. The highest BCUT2D eigenvalue weighted by Gasteiger charge is 2.38. The van der Waals surface area contributed by atoms with Gasteiger partial charge in [0.2, 0.25) is 0 Å². The average Bonchev–Trinajstić information content (AvgIpc) is 2.25. The van der Waals surface area contributed by atoms with Gasteiger partial charge in [0.15, 0.2) is 0 Å². The standard InChI is InChI=1S/C4H10O10/c1-3(9-5,10-6)13-14-4(2,11-7)12-8/h5-8H,1-2H3. The van der Waals surface area contributed by atoms with E-state index in [9.17, 15) is 0 Å². The minimum atomic E-state index is -2.40. The largest absolute Gasteiger partial charge is 0.362 e. The Balaban J connectivity index is 4.14. The molecule has 86 valence electrons. The summed E-state index contributed by atoms with van der Waals surface area (Å²) in [6.45, 7) is 1.75. The molecule has 0 aromatic carbocycles. The lowest BCUT2D eigenvalue weighted by Gasteiger charge is -2.25. The first-order valence-electron chi connectivity index (χ1n) is 3.12. The van der Waals surface area contributed by atoms with Crippen molar-refractivity contribution in [3.8, 4) is 0 Å². The van der Waals surface area contributed by atoms with E-state index in [0.717, 1.165) is 13.8 Å². The normalized spacial score (nSPS) is 13.3. The highest BCUT2D eigenvalue weighted by molar-refractivity contribution is 4.38. The van der Waals surface area contributed by atoms with E-state index in [1.807, 2.05) is 0 Å². The molecule has 0 aliphatic rings. The van der Waals surface area contributed by atoms with Crippen LogP contribution in [0.3, 0.4) is 0 Å². The summed E-state index contributed by atoms with van der Waals surface area (Å²) in [5, 5.41) is 32.5. The second-order valence-electron chi connectivity index (χ2n) is 2.26. The third kappa shape index (κ3) is 3.77. The van der Waals surface area contributed by atoms with Gasteiger partial charge in [-0.1, -0.05) is 0 Å². The van der Waals surface area contributed by atoms with Gasteiger partial charge < -0.3 is 0 Å². The van der Waals surface area contributed by atoms with E-state index in [4.69, 9.17) is 21.0 Å². The van der Waals surface area contributed by atoms with Crippen molar-refractivity contribution >= 4 is 0 Å². The van der Waals surface area contributed by atoms with Crippen molar-refractivity contribution in [1.82, 2.24) is 0 Å². The summed E-state index contributed by atoms with van der Waals surface area (Å²) >= 11 is 0. The highest BCUT2D eigenvalue weighted by Crippen LogP contribution is 2.18. The van der Waals surface area contributed by atoms with Crippen LogP contribution in [0.15, 0.2) is 0 Å². The van der Waals surface area contributed by atoms with Crippen LogP contribution in [0.1, 0.15) is 13.8 Å². The molecule has 0 aromatic heterocycles. The van der Waals surface area contributed by atoms with Crippen LogP contribution in [0.2, 0.25) is 0 Å². The van der Waals surface area contributed by atoms with Gasteiger partial charge in [0, 0.05) is 13.8 Å². The average molecular weight is 218 g/mol. The van der Waals surface area contributed by atoms with Gasteiger partial charge in [0.05, 0.1) is 0 Å². The van der Waals surface area contributed by atoms with Crippen LogP contribution in [-0.4, -0.2) is 33.0 Å². The summed E-state index contributed by atoms with van der Waals surface area (Å²) in [6, 6.07) is 0. The van der Waals surface area contributed by atoms with Gasteiger partial charge in [-0.15, -0.1) is 0 Å². The molecule has 0 atom stereocenters. The molecule has 10 heteroatoms. The van der Waals surface area contributed by atoms with Crippen molar-refractivity contribution in [2.24, 2.45) is 0 Å². The highest BCUT2D eigenvalue weighted by atomic mass is 17.4. The van der Waals surface area contributed by atoms with Gasteiger partial charge in [0.1, 0.15) is 0 Å². The molecule has 0 radical (unpaired) electrons. The monoisotopic (exact) mass is 218 g/mol. The molecular weight excluding hydrogens is 208 g/mol. The first-order chi connectivity index (χ1) is 6.45. The van der Waals surface area contributed by atoms with Gasteiger partial charge in [0.25, 0.3) is 0 Å². The first kappa shape index (κ1) is 13.6. The van der Waals surface area contributed by atoms with Crippen molar-refractivity contribution in [1.29, 1.82) is 0 Å². The van der Waals surface area contributed by atoms with E-state index in [-0.39, 0.29) is 0 Å². The molecule has 0 fully saturated rings. The van der Waals surface area contributed by atoms with E-state index >= 15 is 0 Å². The van der Waals surface area contributed by atoms with Crippen LogP contribution in [0, 0.1) is 0 Å². The van der Waals surface area contributed by atoms with Gasteiger partial charge in [-0.05, 0) is 0 Å². The maximum Gasteiger partial charge on any atom is 0.362 e. The van der Waals surface area contributed by atoms with Gasteiger partial charge in [-0.25, -0.2) is 21.0 Å². The fraction of sp³-hybridized carbons (Fsp3) is 1.00. The van der Waals surface area contributed by atoms with Crippen LogP contribution in [0.5, 0.6) is 0 Å². The van der Waals surface area contributed by atoms with E-state index < -0.39 is 11.9 Å². The minimum absolute atomic E-state index is 0.877. The number of hydrogen-bond donors (Lipinski definition) is 4. The molecule has 10 nitrogen and oxygen atoms in total. The van der Waals surface area contributed by atoms with Crippen molar-refractivity contribution in [3.63, 3.8) is 0 Å². The number of rotatable bonds is 7. The molecule has 0 bridgehead atoms. The van der Waals surface area contributed by atoms with Gasteiger partial charge in [-0.2, -0.15) is 29.3 Å². The second kappa shape index (κ2) is 5.47. The van der Waals surface area contributed by atoms with Crippen molar-refractivity contribution in [2.75, 3.05) is 0 Å². The molecule has 0 aliphatic carbocycles. The summed E-state index contributed by atoms with van der Waals surface area (Å²) in [5.74, 6) is -4.81. The van der Waals surface area contributed by atoms with Crippen LogP contribution in [0.4, 0.5) is 0 Å². The quantitative estimate of drug-likeness (QED) is 0.267. The lowest BCUT2D eigenvalue weighted by molar-refractivity contribution is -0.684. The molecule has 0 aromatic rings. The van der Waals surface area contributed by atoms with Crippen LogP contribution in [-0.2, 0) is 29.3 Å². The minimum Gasteiger partial charge on any atom is -0.246 e. The SMILES string of the molecule is CC(OO)(OO)OOC(C)(OO)OO. The molecule has 0 amide bonds. The predicted octanol–water partition coefficient (Wildman–Crippen LogP) is 0.240. The van der Waals surface area contributed by atoms with E-state index in [1.165, 1.54) is 0 Å². The van der Waals surface area contributed by atoms with E-state index in [2.05, 4.69) is 29.3 Å². The Bertz CT molecular complexity index is 132. The lowest BCUT2D eigenvalue weighted by atomic mass is 10.7. The van der Waals surface area contributed by atoms with Crippen molar-refractivity contribution in [2.45, 2.75) is 25.8 Å². The summed E-state index contributed by atoms with van der Waals surface area (Å²) < 4.78 is 0. The van der Waals surface area contributed by atoms with E-state index in [0.29, 0.717) is 0 Å². The number of hydrogen-bond acceptors (Lipinski definition) is 10. The predicted molar refractivity (Wildman–Crippen MR) is 33.8 cm³/mol. The van der Waals surface area contributed by atoms with Crippen LogP contribution < -0.4 is 0 Å². The molecule has 0 rings (SSSR count). The van der Waals surface area contributed by atoms with Gasteiger partial charge >= 0.3 is 11.9 Å². The molecule has 0 aliphatic heterocycles. The fourth-order valence-corrected chi connectivity index (χ4v) is 0.246. The van der Waals surface area contributed by atoms with Crippen molar-refractivity contribution in [3.05, 3.63) is 0 Å². The molecule has 4 N–H and O–H groups in total. The summed E-state index contributed by atoms with van der Waals surface area (Å²) in [6.07, 6.45) is 0. The first-order valence-corrected chi connectivity index (χ1v) is 3.12. The Kier molecular flexibility index (Phi) is 5.32. The fourth-order valence-electron chi connectivity index (χ4n) is 0.246. The second-order valence-corrected chi connectivity index (χ2v) is 2.26. The zero-order valence-corrected chi connectivity index (χ0v) is 7.24.